The van der Waals surface area contributed by atoms with Gasteiger partial charge in [0.2, 0.25) is 0 Å². The molecule has 0 bridgehead atoms. The van der Waals surface area contributed by atoms with Crippen LogP contribution in [0, 0.1) is 6.92 Å². The second-order valence-electron chi connectivity index (χ2n) is 6.98. The molecule has 2 aromatic carbocycles. The third-order valence-corrected chi connectivity index (χ3v) is 5.19. The zero-order valence-corrected chi connectivity index (χ0v) is 15.8. The molecule has 4 rings (SSSR count). The first-order chi connectivity index (χ1) is 13.5. The van der Waals surface area contributed by atoms with Crippen molar-refractivity contribution in [1.29, 1.82) is 0 Å². The number of amides is 3. The maximum absolute atomic E-state index is 12.7. The Balaban J connectivity index is 1.53. The van der Waals surface area contributed by atoms with Gasteiger partial charge in [-0.25, -0.2) is 0 Å². The van der Waals surface area contributed by atoms with Crippen LogP contribution in [0.2, 0.25) is 0 Å². The number of aryl methyl sites for hydroxylation is 1. The van der Waals surface area contributed by atoms with Crippen molar-refractivity contribution in [2.75, 3.05) is 43.6 Å². The third-order valence-electron chi connectivity index (χ3n) is 5.19. The molecule has 0 aliphatic carbocycles. The van der Waals surface area contributed by atoms with Crippen molar-refractivity contribution in [3.63, 3.8) is 0 Å². The first-order valence-corrected chi connectivity index (χ1v) is 9.17. The summed E-state index contributed by atoms with van der Waals surface area (Å²) in [6.07, 6.45) is 0. The number of rotatable bonds is 3. The third kappa shape index (κ3) is 3.14. The summed E-state index contributed by atoms with van der Waals surface area (Å²) < 4.78 is 5.38. The van der Waals surface area contributed by atoms with E-state index in [9.17, 15) is 14.4 Å². The zero-order chi connectivity index (χ0) is 19.8. The fourth-order valence-corrected chi connectivity index (χ4v) is 3.50. The second kappa shape index (κ2) is 7.09. The Morgan fingerprint density at radius 2 is 1.71 bits per heavy atom. The van der Waals surface area contributed by atoms with E-state index in [1.54, 1.807) is 6.07 Å². The molecule has 0 aromatic heterocycles. The Labute approximate surface area is 162 Å². The van der Waals surface area contributed by atoms with Crippen molar-refractivity contribution in [3.8, 4) is 0 Å². The van der Waals surface area contributed by atoms with Gasteiger partial charge in [0.15, 0.2) is 0 Å². The van der Waals surface area contributed by atoms with Gasteiger partial charge in [0.25, 0.3) is 17.7 Å². The highest BCUT2D eigenvalue weighted by Crippen LogP contribution is 2.26. The van der Waals surface area contributed by atoms with Crippen LogP contribution in [0.1, 0.15) is 36.6 Å². The molecule has 7 heteroatoms. The molecular weight excluding hydrogens is 358 g/mol. The Hall–Kier alpha value is -3.19. The maximum atomic E-state index is 12.7. The van der Waals surface area contributed by atoms with Crippen LogP contribution in [0.4, 0.5) is 11.4 Å². The van der Waals surface area contributed by atoms with Crippen LogP contribution in [-0.2, 0) is 4.74 Å². The second-order valence-corrected chi connectivity index (χ2v) is 6.98. The Morgan fingerprint density at radius 3 is 2.43 bits per heavy atom. The SMILES string of the molecule is Cc1cc(N2CCOCC2)ccc1NC(=O)c1ccc2c(c1)C(=O)N(C)C2=O. The number of carbonyl (C=O) groups excluding carboxylic acids is 3. The van der Waals surface area contributed by atoms with Gasteiger partial charge in [-0.15, -0.1) is 0 Å². The molecule has 2 aromatic rings. The molecule has 2 heterocycles. The lowest BCUT2D eigenvalue weighted by molar-refractivity contribution is 0.0693. The molecule has 0 unspecified atom stereocenters. The summed E-state index contributed by atoms with van der Waals surface area (Å²) in [5.74, 6) is -1.05. The molecule has 2 aliphatic rings. The van der Waals surface area contributed by atoms with Crippen molar-refractivity contribution in [2.24, 2.45) is 0 Å². The number of carbonyl (C=O) groups is 3. The molecule has 0 atom stereocenters. The van der Waals surface area contributed by atoms with Crippen LogP contribution in [0.15, 0.2) is 36.4 Å². The van der Waals surface area contributed by atoms with Crippen LogP contribution in [0.5, 0.6) is 0 Å². The van der Waals surface area contributed by atoms with E-state index in [1.807, 2.05) is 25.1 Å². The molecule has 1 saturated heterocycles. The Morgan fingerprint density at radius 1 is 1.00 bits per heavy atom. The zero-order valence-electron chi connectivity index (χ0n) is 15.8. The van der Waals surface area contributed by atoms with E-state index in [1.165, 1.54) is 19.2 Å². The normalized spacial score (nSPS) is 16.4. The van der Waals surface area contributed by atoms with Gasteiger partial charge in [0, 0.05) is 37.1 Å². The summed E-state index contributed by atoms with van der Waals surface area (Å²) in [5, 5.41) is 2.89. The van der Waals surface area contributed by atoms with E-state index < -0.39 is 0 Å². The predicted molar refractivity (Wildman–Crippen MR) is 105 cm³/mol. The average molecular weight is 379 g/mol. The number of benzene rings is 2. The number of anilines is 2. The molecule has 28 heavy (non-hydrogen) atoms. The molecule has 0 radical (unpaired) electrons. The summed E-state index contributed by atoms with van der Waals surface area (Å²) in [7, 11) is 1.43. The molecule has 144 valence electrons. The molecule has 7 nitrogen and oxygen atoms in total. The predicted octanol–water partition coefficient (Wildman–Crippen LogP) is 2.31. The Bertz CT molecular complexity index is 980. The van der Waals surface area contributed by atoms with Crippen molar-refractivity contribution in [2.45, 2.75) is 6.92 Å². The minimum Gasteiger partial charge on any atom is -0.378 e. The van der Waals surface area contributed by atoms with Gasteiger partial charge in [-0.1, -0.05) is 0 Å². The highest BCUT2D eigenvalue weighted by Gasteiger charge is 2.33. The lowest BCUT2D eigenvalue weighted by Crippen LogP contribution is -2.36. The van der Waals surface area contributed by atoms with Gasteiger partial charge in [-0.2, -0.15) is 0 Å². The van der Waals surface area contributed by atoms with Crippen LogP contribution >= 0.6 is 0 Å². The highest BCUT2D eigenvalue weighted by molar-refractivity contribution is 6.22. The topological polar surface area (TPSA) is 79.0 Å². The number of ether oxygens (including phenoxy) is 1. The molecule has 2 aliphatic heterocycles. The number of nitrogens with zero attached hydrogens (tertiary/aromatic N) is 2. The smallest absolute Gasteiger partial charge is 0.261 e. The average Bonchev–Trinajstić information content (AvgIpc) is 2.94. The number of morpholine rings is 1. The van der Waals surface area contributed by atoms with E-state index in [4.69, 9.17) is 4.74 Å². The largest absolute Gasteiger partial charge is 0.378 e. The lowest BCUT2D eigenvalue weighted by Gasteiger charge is -2.29. The van der Waals surface area contributed by atoms with E-state index in [2.05, 4.69) is 10.2 Å². The Kier molecular flexibility index (Phi) is 4.60. The summed E-state index contributed by atoms with van der Waals surface area (Å²) >= 11 is 0. The van der Waals surface area contributed by atoms with Crippen molar-refractivity contribution in [3.05, 3.63) is 58.7 Å². The highest BCUT2D eigenvalue weighted by atomic mass is 16.5. The molecule has 1 N–H and O–H groups in total. The number of imide groups is 1. The summed E-state index contributed by atoms with van der Waals surface area (Å²) in [5.41, 5.74) is 3.69. The monoisotopic (exact) mass is 379 g/mol. The fourth-order valence-electron chi connectivity index (χ4n) is 3.50. The molecule has 0 saturated carbocycles. The number of hydrogen-bond donors (Lipinski definition) is 1. The summed E-state index contributed by atoms with van der Waals surface area (Å²) in [6.45, 7) is 5.07. The first kappa shape index (κ1) is 18.2. The van der Waals surface area contributed by atoms with Crippen LogP contribution < -0.4 is 10.2 Å². The maximum Gasteiger partial charge on any atom is 0.261 e. The van der Waals surface area contributed by atoms with E-state index in [0.717, 1.165) is 29.2 Å². The van der Waals surface area contributed by atoms with E-state index in [0.29, 0.717) is 30.0 Å². The van der Waals surface area contributed by atoms with E-state index >= 15 is 0 Å². The number of fused-ring (bicyclic) bond motifs is 1. The standard InChI is InChI=1S/C21H21N3O4/c1-13-11-15(24-7-9-28-10-8-24)4-6-18(13)22-19(25)14-3-5-16-17(12-14)21(27)23(2)20(16)26/h3-6,11-12H,7-10H2,1-2H3,(H,22,25). The molecular formula is C21H21N3O4. The fraction of sp³-hybridized carbons (Fsp3) is 0.286. The van der Waals surface area contributed by atoms with Crippen molar-refractivity contribution < 1.29 is 19.1 Å². The number of nitrogens with one attached hydrogen (secondary N) is 1. The lowest BCUT2D eigenvalue weighted by atomic mass is 10.0. The van der Waals surface area contributed by atoms with Crippen molar-refractivity contribution >= 4 is 29.1 Å². The minimum atomic E-state index is -0.388. The van der Waals surface area contributed by atoms with Crippen molar-refractivity contribution in [1.82, 2.24) is 4.90 Å². The van der Waals surface area contributed by atoms with Gasteiger partial charge in [0.05, 0.1) is 24.3 Å². The van der Waals surface area contributed by atoms with Gasteiger partial charge in [0.1, 0.15) is 0 Å². The molecule has 3 amide bonds. The number of hydrogen-bond acceptors (Lipinski definition) is 5. The minimum absolute atomic E-state index is 0.263. The van der Waals surface area contributed by atoms with E-state index in [-0.39, 0.29) is 23.3 Å². The van der Waals surface area contributed by atoms with Gasteiger partial charge < -0.3 is 15.0 Å². The first-order valence-electron chi connectivity index (χ1n) is 9.17. The van der Waals surface area contributed by atoms with Gasteiger partial charge in [-0.3, -0.25) is 19.3 Å². The summed E-state index contributed by atoms with van der Waals surface area (Å²) in [6, 6.07) is 10.5. The van der Waals surface area contributed by atoms with Gasteiger partial charge in [-0.05, 0) is 48.9 Å². The molecule has 0 spiro atoms. The van der Waals surface area contributed by atoms with Crippen LogP contribution in [-0.4, -0.2) is 56.0 Å². The van der Waals surface area contributed by atoms with Gasteiger partial charge >= 0.3 is 0 Å². The van der Waals surface area contributed by atoms with Crippen LogP contribution in [0.3, 0.4) is 0 Å². The summed E-state index contributed by atoms with van der Waals surface area (Å²) in [4.78, 5) is 40.1. The van der Waals surface area contributed by atoms with Crippen LogP contribution in [0.25, 0.3) is 0 Å². The molecule has 1 fully saturated rings. The quantitative estimate of drug-likeness (QED) is 0.828.